The van der Waals surface area contributed by atoms with E-state index in [-0.39, 0.29) is 0 Å². The highest BCUT2D eigenvalue weighted by atomic mass is 16.5. The van der Waals surface area contributed by atoms with Gasteiger partial charge in [0.15, 0.2) is 0 Å². The van der Waals surface area contributed by atoms with E-state index in [1.54, 1.807) is 0 Å². The quantitative estimate of drug-likeness (QED) is 0.677. The van der Waals surface area contributed by atoms with Crippen LogP contribution in [-0.2, 0) is 11.2 Å². The number of aromatic nitrogens is 2. The van der Waals surface area contributed by atoms with Crippen LogP contribution in [0.15, 0.2) is 0 Å². The smallest absolute Gasteiger partial charge is 0.356 e. The highest BCUT2D eigenvalue weighted by Gasteiger charge is 2.16. The van der Waals surface area contributed by atoms with E-state index in [0.29, 0.717) is 11.5 Å². The fourth-order valence-corrected chi connectivity index (χ4v) is 1.15. The lowest BCUT2D eigenvalue weighted by Gasteiger charge is -1.99. The van der Waals surface area contributed by atoms with Crippen LogP contribution in [0.4, 0.5) is 5.82 Å². The van der Waals surface area contributed by atoms with Crippen LogP contribution in [0.3, 0.4) is 0 Å². The zero-order valence-corrected chi connectivity index (χ0v) is 7.76. The Bertz CT molecular complexity index is 306. The van der Waals surface area contributed by atoms with Crippen molar-refractivity contribution in [3.63, 3.8) is 0 Å². The molecule has 1 aromatic rings. The summed E-state index contributed by atoms with van der Waals surface area (Å²) in [6.45, 7) is 2.01. The molecule has 3 N–H and O–H groups in total. The molecule has 1 heterocycles. The molecule has 72 valence electrons. The van der Waals surface area contributed by atoms with E-state index in [2.05, 4.69) is 14.9 Å². The number of nitrogens with zero attached hydrogens (tertiary/aromatic N) is 1. The van der Waals surface area contributed by atoms with Gasteiger partial charge in [0, 0.05) is 5.56 Å². The summed E-state index contributed by atoms with van der Waals surface area (Å²) in [5.41, 5.74) is 6.68. The molecular formula is C8H13N3O2. The van der Waals surface area contributed by atoms with Gasteiger partial charge in [0.05, 0.1) is 7.11 Å². The predicted octanol–water partition coefficient (Wildman–Crippen LogP) is 0.731. The van der Waals surface area contributed by atoms with Crippen LogP contribution < -0.4 is 5.73 Å². The maximum Gasteiger partial charge on any atom is 0.356 e. The topological polar surface area (TPSA) is 81.0 Å². The highest BCUT2D eigenvalue weighted by molar-refractivity contribution is 5.90. The van der Waals surface area contributed by atoms with Gasteiger partial charge in [-0.3, -0.25) is 5.10 Å². The first-order valence-corrected chi connectivity index (χ1v) is 4.11. The molecule has 1 rings (SSSR count). The highest BCUT2D eigenvalue weighted by Crippen LogP contribution is 2.15. The van der Waals surface area contributed by atoms with E-state index in [0.717, 1.165) is 18.4 Å². The van der Waals surface area contributed by atoms with E-state index in [1.165, 1.54) is 7.11 Å². The summed E-state index contributed by atoms with van der Waals surface area (Å²) in [5, 5.41) is 6.32. The number of carbonyl (C=O) groups is 1. The largest absolute Gasteiger partial charge is 0.464 e. The number of methoxy groups -OCH3 is 1. The second-order valence-corrected chi connectivity index (χ2v) is 2.70. The number of H-pyrrole nitrogens is 1. The lowest BCUT2D eigenvalue weighted by atomic mass is 10.1. The van der Waals surface area contributed by atoms with E-state index in [1.807, 2.05) is 6.92 Å². The van der Waals surface area contributed by atoms with E-state index >= 15 is 0 Å². The average molecular weight is 183 g/mol. The number of esters is 1. The molecule has 1 aromatic heterocycles. The van der Waals surface area contributed by atoms with E-state index in [4.69, 9.17) is 5.73 Å². The Morgan fingerprint density at radius 1 is 1.69 bits per heavy atom. The number of hydrogen-bond donors (Lipinski definition) is 2. The number of aromatic amines is 1. The molecule has 0 aromatic carbocycles. The predicted molar refractivity (Wildman–Crippen MR) is 48.3 cm³/mol. The van der Waals surface area contributed by atoms with E-state index in [9.17, 15) is 4.79 Å². The third kappa shape index (κ3) is 1.80. The number of nitrogens with two attached hydrogens (primary N) is 1. The summed E-state index contributed by atoms with van der Waals surface area (Å²) in [7, 11) is 1.33. The summed E-state index contributed by atoms with van der Waals surface area (Å²) >= 11 is 0. The number of carbonyl (C=O) groups excluding carboxylic acids is 1. The third-order valence-electron chi connectivity index (χ3n) is 1.79. The van der Waals surface area contributed by atoms with Crippen LogP contribution >= 0.6 is 0 Å². The van der Waals surface area contributed by atoms with Gasteiger partial charge in [-0.15, -0.1) is 0 Å². The van der Waals surface area contributed by atoms with Crippen molar-refractivity contribution in [2.24, 2.45) is 0 Å². The molecule has 0 bridgehead atoms. The van der Waals surface area contributed by atoms with E-state index < -0.39 is 5.97 Å². The summed E-state index contributed by atoms with van der Waals surface area (Å²) in [6, 6.07) is 0. The zero-order valence-electron chi connectivity index (χ0n) is 7.76. The van der Waals surface area contributed by atoms with Crippen molar-refractivity contribution in [2.45, 2.75) is 19.8 Å². The Labute approximate surface area is 76.3 Å². The second kappa shape index (κ2) is 3.93. The molecule has 0 atom stereocenters. The van der Waals surface area contributed by atoms with Gasteiger partial charge in [0.2, 0.25) is 0 Å². The lowest BCUT2D eigenvalue weighted by molar-refractivity contribution is 0.0592. The molecule has 0 aliphatic rings. The van der Waals surface area contributed by atoms with Crippen molar-refractivity contribution in [1.82, 2.24) is 10.2 Å². The van der Waals surface area contributed by atoms with Crippen molar-refractivity contribution in [1.29, 1.82) is 0 Å². The third-order valence-corrected chi connectivity index (χ3v) is 1.79. The summed E-state index contributed by atoms with van der Waals surface area (Å²) < 4.78 is 4.57. The Morgan fingerprint density at radius 3 is 2.92 bits per heavy atom. The monoisotopic (exact) mass is 183 g/mol. The SMILES string of the molecule is CCCc1c(N)n[nH]c1C(=O)OC. The standard InChI is InChI=1S/C8H13N3O2/c1-3-4-5-6(8(12)13-2)10-11-7(5)9/h3-4H2,1-2H3,(H3,9,10,11). The summed E-state index contributed by atoms with van der Waals surface area (Å²) in [6.07, 6.45) is 1.64. The molecule has 5 nitrogen and oxygen atoms in total. The van der Waals surface area contributed by atoms with Gasteiger partial charge in [0.1, 0.15) is 11.5 Å². The minimum atomic E-state index is -0.423. The second-order valence-electron chi connectivity index (χ2n) is 2.70. The summed E-state index contributed by atoms with van der Waals surface area (Å²) in [4.78, 5) is 11.2. The first-order valence-electron chi connectivity index (χ1n) is 4.11. The van der Waals surface area contributed by atoms with Crippen molar-refractivity contribution in [3.05, 3.63) is 11.3 Å². The van der Waals surface area contributed by atoms with Crippen LogP contribution in [0.25, 0.3) is 0 Å². The first kappa shape index (κ1) is 9.57. The maximum atomic E-state index is 11.2. The van der Waals surface area contributed by atoms with Gasteiger partial charge in [0.25, 0.3) is 0 Å². The van der Waals surface area contributed by atoms with Crippen molar-refractivity contribution >= 4 is 11.8 Å². The van der Waals surface area contributed by atoms with Gasteiger partial charge in [-0.2, -0.15) is 5.10 Å². The Kier molecular flexibility index (Phi) is 2.89. The molecule has 0 unspecified atom stereocenters. The van der Waals surface area contributed by atoms with Gasteiger partial charge < -0.3 is 10.5 Å². The summed E-state index contributed by atoms with van der Waals surface area (Å²) in [5.74, 6) is -0.0464. The Morgan fingerprint density at radius 2 is 2.38 bits per heavy atom. The maximum absolute atomic E-state index is 11.2. The molecular weight excluding hydrogens is 170 g/mol. The van der Waals surface area contributed by atoms with Crippen molar-refractivity contribution in [3.8, 4) is 0 Å². The molecule has 0 spiro atoms. The average Bonchev–Trinajstić information content (AvgIpc) is 2.48. The Balaban J connectivity index is 2.99. The molecule has 0 aliphatic heterocycles. The fourth-order valence-electron chi connectivity index (χ4n) is 1.15. The molecule has 0 amide bonds. The molecule has 13 heavy (non-hydrogen) atoms. The first-order chi connectivity index (χ1) is 6.20. The van der Waals surface area contributed by atoms with Crippen LogP contribution in [0.5, 0.6) is 0 Å². The number of hydrogen-bond acceptors (Lipinski definition) is 4. The van der Waals surface area contributed by atoms with Crippen LogP contribution in [-0.4, -0.2) is 23.3 Å². The minimum absolute atomic E-state index is 0.363. The molecule has 0 saturated heterocycles. The normalized spacial score (nSPS) is 10.0. The number of nitrogens with one attached hydrogen (secondary N) is 1. The van der Waals surface area contributed by atoms with Gasteiger partial charge >= 0.3 is 5.97 Å². The van der Waals surface area contributed by atoms with Crippen molar-refractivity contribution in [2.75, 3.05) is 12.8 Å². The zero-order chi connectivity index (χ0) is 9.84. The van der Waals surface area contributed by atoms with Crippen LogP contribution in [0.2, 0.25) is 0 Å². The number of ether oxygens (including phenoxy) is 1. The molecule has 5 heteroatoms. The molecule has 0 aliphatic carbocycles. The van der Waals surface area contributed by atoms with Crippen LogP contribution in [0, 0.1) is 0 Å². The Hall–Kier alpha value is -1.52. The van der Waals surface area contributed by atoms with Gasteiger partial charge in [-0.25, -0.2) is 4.79 Å². The molecule has 0 saturated carbocycles. The van der Waals surface area contributed by atoms with Gasteiger partial charge in [-0.1, -0.05) is 13.3 Å². The number of anilines is 1. The lowest BCUT2D eigenvalue weighted by Crippen LogP contribution is -2.05. The minimum Gasteiger partial charge on any atom is -0.464 e. The number of rotatable bonds is 3. The molecule has 0 fully saturated rings. The van der Waals surface area contributed by atoms with Gasteiger partial charge in [-0.05, 0) is 6.42 Å². The van der Waals surface area contributed by atoms with Crippen molar-refractivity contribution < 1.29 is 9.53 Å². The number of nitrogen functional groups attached to an aromatic ring is 1. The fraction of sp³-hybridized carbons (Fsp3) is 0.500. The van der Waals surface area contributed by atoms with Crippen LogP contribution in [0.1, 0.15) is 29.4 Å². The molecule has 0 radical (unpaired) electrons.